The highest BCUT2D eigenvalue weighted by atomic mass is 32.2. The molecule has 3 N–H and O–H groups in total. The molecule has 1 aromatic carbocycles. The smallest absolute Gasteiger partial charge is 0.263 e. The van der Waals surface area contributed by atoms with Crippen LogP contribution in [0, 0.1) is 0 Å². The standard InChI is InChI=1S/C13H11N5O2S/c14-12-6-3-9-8-10(4-5-11(9)16-12)21(19,20)18-13-2-1-7-15-17-13/h1-8H,(H2,14,16)(H,17,18). The molecule has 0 saturated carbocycles. The van der Waals surface area contributed by atoms with E-state index in [0.29, 0.717) is 16.7 Å². The second kappa shape index (κ2) is 4.98. The summed E-state index contributed by atoms with van der Waals surface area (Å²) < 4.78 is 26.9. The van der Waals surface area contributed by atoms with Crippen LogP contribution in [0.15, 0.2) is 53.6 Å². The second-order valence-corrected chi connectivity index (χ2v) is 5.99. The number of hydrogen-bond acceptors (Lipinski definition) is 6. The predicted molar refractivity (Wildman–Crippen MR) is 79.0 cm³/mol. The van der Waals surface area contributed by atoms with Crippen molar-refractivity contribution in [3.8, 4) is 0 Å². The summed E-state index contributed by atoms with van der Waals surface area (Å²) in [6.45, 7) is 0. The number of sulfonamides is 1. The lowest BCUT2D eigenvalue weighted by Gasteiger charge is -2.07. The highest BCUT2D eigenvalue weighted by Gasteiger charge is 2.15. The van der Waals surface area contributed by atoms with Gasteiger partial charge in [-0.25, -0.2) is 13.4 Å². The summed E-state index contributed by atoms with van der Waals surface area (Å²) >= 11 is 0. The number of nitrogens with two attached hydrogens (primary N) is 1. The minimum atomic E-state index is -3.73. The molecule has 106 valence electrons. The fourth-order valence-electron chi connectivity index (χ4n) is 1.84. The number of benzene rings is 1. The van der Waals surface area contributed by atoms with Crippen molar-refractivity contribution in [2.45, 2.75) is 4.90 Å². The lowest BCUT2D eigenvalue weighted by atomic mass is 10.2. The number of pyridine rings is 1. The Bertz CT molecular complexity index is 897. The van der Waals surface area contributed by atoms with Gasteiger partial charge in [-0.2, -0.15) is 5.10 Å². The molecule has 0 aliphatic rings. The summed E-state index contributed by atoms with van der Waals surface area (Å²) in [7, 11) is -3.73. The lowest BCUT2D eigenvalue weighted by molar-refractivity contribution is 0.601. The van der Waals surface area contributed by atoms with Crippen molar-refractivity contribution in [1.29, 1.82) is 0 Å². The average molecular weight is 301 g/mol. The number of aromatic nitrogens is 3. The molecule has 21 heavy (non-hydrogen) atoms. The molecule has 3 aromatic rings. The molecular formula is C13H11N5O2S. The van der Waals surface area contributed by atoms with E-state index >= 15 is 0 Å². The highest BCUT2D eigenvalue weighted by Crippen LogP contribution is 2.20. The molecule has 0 aliphatic carbocycles. The number of nitrogens with one attached hydrogen (secondary N) is 1. The minimum absolute atomic E-state index is 0.118. The lowest BCUT2D eigenvalue weighted by Crippen LogP contribution is -2.14. The molecule has 3 rings (SSSR count). The zero-order valence-electron chi connectivity index (χ0n) is 10.8. The van der Waals surface area contributed by atoms with Gasteiger partial charge in [0.05, 0.1) is 10.4 Å². The first kappa shape index (κ1) is 13.3. The Morgan fingerprint density at radius 2 is 1.95 bits per heavy atom. The summed E-state index contributed by atoms with van der Waals surface area (Å²) in [4.78, 5) is 4.24. The van der Waals surface area contributed by atoms with Crippen LogP contribution in [-0.2, 0) is 10.0 Å². The Morgan fingerprint density at radius 3 is 2.71 bits per heavy atom. The van der Waals surface area contributed by atoms with E-state index in [9.17, 15) is 8.42 Å². The van der Waals surface area contributed by atoms with Crippen molar-refractivity contribution >= 4 is 32.6 Å². The molecule has 0 atom stereocenters. The van der Waals surface area contributed by atoms with E-state index in [4.69, 9.17) is 5.73 Å². The maximum Gasteiger partial charge on any atom is 0.263 e. The van der Waals surface area contributed by atoms with Crippen molar-refractivity contribution in [1.82, 2.24) is 15.2 Å². The van der Waals surface area contributed by atoms with Crippen LogP contribution in [0.25, 0.3) is 10.9 Å². The molecule has 0 spiro atoms. The number of nitrogen functional groups attached to an aromatic ring is 1. The van der Waals surface area contributed by atoms with Gasteiger partial charge in [0.1, 0.15) is 5.82 Å². The molecular weight excluding hydrogens is 290 g/mol. The zero-order valence-corrected chi connectivity index (χ0v) is 11.6. The average Bonchev–Trinajstić information content (AvgIpc) is 2.47. The summed E-state index contributed by atoms with van der Waals surface area (Å²) in [5.74, 6) is 0.545. The molecule has 0 saturated heterocycles. The Kier molecular flexibility index (Phi) is 3.15. The molecule has 0 aliphatic heterocycles. The summed E-state index contributed by atoms with van der Waals surface area (Å²) in [6.07, 6.45) is 1.46. The maximum absolute atomic E-state index is 12.3. The molecule has 0 fully saturated rings. The van der Waals surface area contributed by atoms with Gasteiger partial charge in [-0.3, -0.25) is 4.72 Å². The monoisotopic (exact) mass is 301 g/mol. The van der Waals surface area contributed by atoms with Crippen molar-refractivity contribution in [3.63, 3.8) is 0 Å². The van der Waals surface area contributed by atoms with E-state index in [2.05, 4.69) is 19.9 Å². The molecule has 7 nitrogen and oxygen atoms in total. The predicted octanol–water partition coefficient (Wildman–Crippen LogP) is 1.41. The number of nitrogens with zero attached hydrogens (tertiary/aromatic N) is 3. The first-order chi connectivity index (χ1) is 10.0. The van der Waals surface area contributed by atoms with Gasteiger partial charge < -0.3 is 5.73 Å². The first-order valence-electron chi connectivity index (χ1n) is 6.01. The van der Waals surface area contributed by atoms with E-state index in [1.54, 1.807) is 24.3 Å². The van der Waals surface area contributed by atoms with Crippen LogP contribution in [0.1, 0.15) is 0 Å². The molecule has 0 radical (unpaired) electrons. The fraction of sp³-hybridized carbons (Fsp3) is 0. The molecule has 0 bridgehead atoms. The largest absolute Gasteiger partial charge is 0.384 e. The van der Waals surface area contributed by atoms with Crippen molar-refractivity contribution in [3.05, 3.63) is 48.7 Å². The van der Waals surface area contributed by atoms with Crippen LogP contribution < -0.4 is 10.5 Å². The highest BCUT2D eigenvalue weighted by molar-refractivity contribution is 7.92. The van der Waals surface area contributed by atoms with Gasteiger partial charge in [0.2, 0.25) is 0 Å². The van der Waals surface area contributed by atoms with Crippen LogP contribution in [0.4, 0.5) is 11.6 Å². The summed E-state index contributed by atoms with van der Waals surface area (Å²) in [5, 5.41) is 8.00. The van der Waals surface area contributed by atoms with Crippen LogP contribution in [0.5, 0.6) is 0 Å². The first-order valence-corrected chi connectivity index (χ1v) is 7.50. The minimum Gasteiger partial charge on any atom is -0.384 e. The normalized spacial score (nSPS) is 11.4. The zero-order chi connectivity index (χ0) is 14.9. The molecule has 2 aromatic heterocycles. The number of hydrogen-bond donors (Lipinski definition) is 2. The molecule has 8 heteroatoms. The van der Waals surface area contributed by atoms with Crippen molar-refractivity contribution in [2.24, 2.45) is 0 Å². The molecule has 2 heterocycles. The third kappa shape index (κ3) is 2.75. The number of fused-ring (bicyclic) bond motifs is 1. The summed E-state index contributed by atoms with van der Waals surface area (Å²) in [5.41, 5.74) is 6.23. The Morgan fingerprint density at radius 1 is 1.10 bits per heavy atom. The third-order valence-corrected chi connectivity index (χ3v) is 4.16. The second-order valence-electron chi connectivity index (χ2n) is 4.31. The van der Waals surface area contributed by atoms with Crippen LogP contribution in [0.3, 0.4) is 0 Å². The Hall–Kier alpha value is -2.74. The fourth-order valence-corrected chi connectivity index (χ4v) is 2.87. The molecule has 0 unspecified atom stereocenters. The van der Waals surface area contributed by atoms with Crippen LogP contribution in [0.2, 0.25) is 0 Å². The third-order valence-electron chi connectivity index (χ3n) is 2.80. The van der Waals surface area contributed by atoms with E-state index in [0.717, 1.165) is 0 Å². The maximum atomic E-state index is 12.3. The van der Waals surface area contributed by atoms with Gasteiger partial charge >= 0.3 is 0 Å². The van der Waals surface area contributed by atoms with Crippen LogP contribution >= 0.6 is 0 Å². The Labute approximate surface area is 120 Å². The topological polar surface area (TPSA) is 111 Å². The van der Waals surface area contributed by atoms with Crippen molar-refractivity contribution < 1.29 is 8.42 Å². The van der Waals surface area contributed by atoms with E-state index < -0.39 is 10.0 Å². The number of rotatable bonds is 3. The van der Waals surface area contributed by atoms with Gasteiger partial charge in [-0.15, -0.1) is 5.10 Å². The van der Waals surface area contributed by atoms with Gasteiger partial charge in [-0.05, 0) is 42.5 Å². The van der Waals surface area contributed by atoms with E-state index in [-0.39, 0.29) is 10.7 Å². The van der Waals surface area contributed by atoms with Gasteiger partial charge in [0.15, 0.2) is 5.82 Å². The SMILES string of the molecule is Nc1ccc2cc(S(=O)(=O)Nc3cccnn3)ccc2n1. The van der Waals surface area contributed by atoms with E-state index in [1.165, 1.54) is 24.4 Å². The van der Waals surface area contributed by atoms with E-state index in [1.807, 2.05) is 0 Å². The summed E-state index contributed by atoms with van der Waals surface area (Å²) in [6, 6.07) is 11.1. The molecule has 0 amide bonds. The van der Waals surface area contributed by atoms with Gasteiger partial charge in [-0.1, -0.05) is 0 Å². The van der Waals surface area contributed by atoms with Crippen LogP contribution in [-0.4, -0.2) is 23.6 Å². The van der Waals surface area contributed by atoms with Crippen molar-refractivity contribution in [2.75, 3.05) is 10.5 Å². The quantitative estimate of drug-likeness (QED) is 0.756. The van der Waals surface area contributed by atoms with Gasteiger partial charge in [0.25, 0.3) is 10.0 Å². The number of anilines is 2. The van der Waals surface area contributed by atoms with Gasteiger partial charge in [0, 0.05) is 11.6 Å². The Balaban J connectivity index is 2.01.